The molecule has 7 heteroatoms. The minimum atomic E-state index is -3.48. The van der Waals surface area contributed by atoms with Gasteiger partial charge >= 0.3 is 5.97 Å². The summed E-state index contributed by atoms with van der Waals surface area (Å²) in [6, 6.07) is 5.96. The summed E-state index contributed by atoms with van der Waals surface area (Å²) in [7, 11) is -3.48. The molecular formula is C15H19NO5S. The summed E-state index contributed by atoms with van der Waals surface area (Å²) in [5.74, 6) is -1.58. The van der Waals surface area contributed by atoms with Gasteiger partial charge in [-0.25, -0.2) is 8.42 Å². The predicted molar refractivity (Wildman–Crippen MR) is 80.4 cm³/mol. The van der Waals surface area contributed by atoms with Gasteiger partial charge in [0.1, 0.15) is 0 Å². The molecular weight excluding hydrogens is 306 g/mol. The van der Waals surface area contributed by atoms with E-state index >= 15 is 0 Å². The first-order valence-corrected chi connectivity index (χ1v) is 9.01. The summed E-state index contributed by atoms with van der Waals surface area (Å²) >= 11 is 0. The zero-order valence-corrected chi connectivity index (χ0v) is 13.1. The number of amides is 1. The summed E-state index contributed by atoms with van der Waals surface area (Å²) in [5, 5.41) is 11.8. The first kappa shape index (κ1) is 16.5. The van der Waals surface area contributed by atoms with E-state index in [1.54, 1.807) is 12.1 Å². The number of sulfone groups is 1. The molecule has 120 valence electrons. The number of rotatable bonds is 4. The van der Waals surface area contributed by atoms with E-state index in [4.69, 9.17) is 5.11 Å². The average Bonchev–Trinajstić information content (AvgIpc) is 2.47. The van der Waals surface area contributed by atoms with E-state index in [0.29, 0.717) is 25.7 Å². The fourth-order valence-electron chi connectivity index (χ4n) is 2.73. The number of hydrogen-bond acceptors (Lipinski definition) is 4. The normalized spacial score (nSPS) is 22.0. The highest BCUT2D eigenvalue weighted by Gasteiger charge is 2.27. The topological polar surface area (TPSA) is 101 Å². The number of carbonyl (C=O) groups is 2. The van der Waals surface area contributed by atoms with Crippen LogP contribution in [0.3, 0.4) is 0 Å². The second-order valence-electron chi connectivity index (χ2n) is 5.63. The second-order valence-corrected chi connectivity index (χ2v) is 7.61. The molecule has 0 saturated heterocycles. The molecule has 0 bridgehead atoms. The minimum absolute atomic E-state index is 0.00622. The van der Waals surface area contributed by atoms with Crippen molar-refractivity contribution in [2.24, 2.45) is 5.92 Å². The Labute approximate surface area is 129 Å². The van der Waals surface area contributed by atoms with Crippen molar-refractivity contribution in [3.8, 4) is 0 Å². The quantitative estimate of drug-likeness (QED) is 0.873. The minimum Gasteiger partial charge on any atom is -0.481 e. The van der Waals surface area contributed by atoms with Crippen LogP contribution in [0.4, 0.5) is 0 Å². The maximum atomic E-state index is 12.3. The van der Waals surface area contributed by atoms with Gasteiger partial charge in [0, 0.05) is 12.3 Å². The van der Waals surface area contributed by atoms with Crippen molar-refractivity contribution in [2.75, 3.05) is 6.26 Å². The van der Waals surface area contributed by atoms with Gasteiger partial charge in [0.25, 0.3) is 5.91 Å². The number of hydrogen-bond donors (Lipinski definition) is 2. The average molecular weight is 325 g/mol. The van der Waals surface area contributed by atoms with Crippen molar-refractivity contribution in [1.29, 1.82) is 0 Å². The van der Waals surface area contributed by atoms with Gasteiger partial charge in [-0.2, -0.15) is 0 Å². The van der Waals surface area contributed by atoms with Crippen LogP contribution in [0.2, 0.25) is 0 Å². The van der Waals surface area contributed by atoms with Crippen molar-refractivity contribution < 1.29 is 23.1 Å². The maximum absolute atomic E-state index is 12.3. The van der Waals surface area contributed by atoms with Gasteiger partial charge in [-0.3, -0.25) is 9.59 Å². The number of carboxylic acids is 1. The van der Waals surface area contributed by atoms with Gasteiger partial charge in [0.2, 0.25) is 0 Å². The lowest BCUT2D eigenvalue weighted by atomic mass is 9.86. The van der Waals surface area contributed by atoms with Crippen LogP contribution < -0.4 is 5.32 Å². The molecule has 1 aromatic carbocycles. The third-order valence-electron chi connectivity index (χ3n) is 3.94. The number of carboxylic acid groups (broad SMARTS) is 1. The van der Waals surface area contributed by atoms with Gasteiger partial charge in [-0.1, -0.05) is 12.1 Å². The van der Waals surface area contributed by atoms with Crippen molar-refractivity contribution in [3.05, 3.63) is 29.8 Å². The van der Waals surface area contributed by atoms with Crippen LogP contribution in [-0.4, -0.2) is 37.7 Å². The Morgan fingerprint density at radius 3 is 2.27 bits per heavy atom. The highest BCUT2D eigenvalue weighted by atomic mass is 32.2. The van der Waals surface area contributed by atoms with Crippen LogP contribution in [-0.2, 0) is 14.6 Å². The van der Waals surface area contributed by atoms with Crippen LogP contribution in [0.25, 0.3) is 0 Å². The molecule has 22 heavy (non-hydrogen) atoms. The van der Waals surface area contributed by atoms with E-state index in [9.17, 15) is 18.0 Å². The van der Waals surface area contributed by atoms with E-state index < -0.39 is 21.7 Å². The molecule has 1 amide bonds. The van der Waals surface area contributed by atoms with Crippen LogP contribution in [0.15, 0.2) is 29.2 Å². The highest BCUT2D eigenvalue weighted by molar-refractivity contribution is 7.90. The van der Waals surface area contributed by atoms with Gasteiger partial charge in [0.15, 0.2) is 9.84 Å². The monoisotopic (exact) mass is 325 g/mol. The molecule has 1 aliphatic rings. The molecule has 1 fully saturated rings. The number of benzene rings is 1. The Morgan fingerprint density at radius 2 is 1.73 bits per heavy atom. The number of nitrogens with one attached hydrogen (secondary N) is 1. The zero-order chi connectivity index (χ0) is 16.3. The largest absolute Gasteiger partial charge is 0.481 e. The van der Waals surface area contributed by atoms with Gasteiger partial charge in [0.05, 0.1) is 16.4 Å². The van der Waals surface area contributed by atoms with E-state index in [2.05, 4.69) is 5.32 Å². The van der Waals surface area contributed by atoms with Crippen molar-refractivity contribution in [3.63, 3.8) is 0 Å². The molecule has 2 N–H and O–H groups in total. The molecule has 0 unspecified atom stereocenters. The third kappa shape index (κ3) is 3.85. The summed E-state index contributed by atoms with van der Waals surface area (Å²) in [5.41, 5.74) is 0.130. The third-order valence-corrected chi connectivity index (χ3v) is 5.10. The Kier molecular flexibility index (Phi) is 4.85. The first-order chi connectivity index (χ1) is 10.3. The summed E-state index contributed by atoms with van der Waals surface area (Å²) < 4.78 is 23.4. The lowest BCUT2D eigenvalue weighted by Crippen LogP contribution is -2.39. The lowest BCUT2D eigenvalue weighted by Gasteiger charge is -2.27. The van der Waals surface area contributed by atoms with E-state index in [-0.39, 0.29) is 22.4 Å². The Balaban J connectivity index is 2.07. The smallest absolute Gasteiger partial charge is 0.306 e. The zero-order valence-electron chi connectivity index (χ0n) is 12.3. The van der Waals surface area contributed by atoms with Crippen LogP contribution in [0, 0.1) is 5.92 Å². The van der Waals surface area contributed by atoms with Crippen LogP contribution in [0.5, 0.6) is 0 Å². The molecule has 0 radical (unpaired) electrons. The first-order valence-electron chi connectivity index (χ1n) is 7.12. The lowest BCUT2D eigenvalue weighted by molar-refractivity contribution is -0.142. The second kappa shape index (κ2) is 6.48. The molecule has 1 saturated carbocycles. The van der Waals surface area contributed by atoms with Gasteiger partial charge in [-0.05, 0) is 37.8 Å². The fourth-order valence-corrected chi connectivity index (χ4v) is 3.61. The molecule has 0 aliphatic heterocycles. The highest BCUT2D eigenvalue weighted by Crippen LogP contribution is 2.25. The van der Waals surface area contributed by atoms with Crippen molar-refractivity contribution in [1.82, 2.24) is 5.32 Å². The van der Waals surface area contributed by atoms with Gasteiger partial charge in [-0.15, -0.1) is 0 Å². The molecule has 2 rings (SSSR count). The molecule has 6 nitrogen and oxygen atoms in total. The molecule has 0 aromatic heterocycles. The Bertz CT molecular complexity index is 675. The Morgan fingerprint density at radius 1 is 1.14 bits per heavy atom. The molecule has 0 spiro atoms. The molecule has 0 atom stereocenters. The molecule has 1 aromatic rings. The summed E-state index contributed by atoms with van der Waals surface area (Å²) in [6.45, 7) is 0. The van der Waals surface area contributed by atoms with Crippen LogP contribution >= 0.6 is 0 Å². The van der Waals surface area contributed by atoms with Crippen molar-refractivity contribution >= 4 is 21.7 Å². The van der Waals surface area contributed by atoms with Crippen LogP contribution in [0.1, 0.15) is 36.0 Å². The molecule has 1 aliphatic carbocycles. The van der Waals surface area contributed by atoms with E-state index in [1.165, 1.54) is 12.1 Å². The summed E-state index contributed by atoms with van der Waals surface area (Å²) in [4.78, 5) is 23.2. The standard InChI is InChI=1S/C15H19NO5S/c1-22(20,21)13-5-3-2-4-12(13)14(17)16-11-8-6-10(7-9-11)15(18)19/h2-5,10-11H,6-9H2,1H3,(H,16,17)(H,18,19). The number of aliphatic carboxylic acids is 1. The fraction of sp³-hybridized carbons (Fsp3) is 0.467. The summed E-state index contributed by atoms with van der Waals surface area (Å²) in [6.07, 6.45) is 3.28. The Hall–Kier alpha value is -1.89. The van der Waals surface area contributed by atoms with Gasteiger partial charge < -0.3 is 10.4 Å². The van der Waals surface area contributed by atoms with E-state index in [1.807, 2.05) is 0 Å². The SMILES string of the molecule is CS(=O)(=O)c1ccccc1C(=O)NC1CCC(C(=O)O)CC1. The maximum Gasteiger partial charge on any atom is 0.306 e. The molecule has 0 heterocycles. The van der Waals surface area contributed by atoms with Crippen molar-refractivity contribution in [2.45, 2.75) is 36.6 Å². The van der Waals surface area contributed by atoms with E-state index in [0.717, 1.165) is 6.26 Å². The number of carbonyl (C=O) groups excluding carboxylic acids is 1. The predicted octanol–water partition coefficient (Wildman–Crippen LogP) is 1.46.